The number of likely N-dealkylation sites (N-methyl/N-ethyl adjacent to an activating group) is 1. The van der Waals surface area contributed by atoms with Crippen LogP contribution in [0.15, 0.2) is 72.8 Å². The molecule has 0 bridgehead atoms. The van der Waals surface area contributed by atoms with Gasteiger partial charge in [-0.3, -0.25) is 9.59 Å². The van der Waals surface area contributed by atoms with Gasteiger partial charge in [0.2, 0.25) is 11.8 Å². The van der Waals surface area contributed by atoms with Crippen molar-refractivity contribution in [3.8, 4) is 0 Å². The first-order valence-corrected chi connectivity index (χ1v) is 8.80. The molecule has 0 aliphatic carbocycles. The van der Waals surface area contributed by atoms with Crippen LogP contribution in [0.2, 0.25) is 0 Å². The van der Waals surface area contributed by atoms with Crippen LogP contribution in [-0.2, 0) is 16.1 Å². The van der Waals surface area contributed by atoms with Gasteiger partial charge in [-0.05, 0) is 46.2 Å². The zero-order chi connectivity index (χ0) is 19.2. The monoisotopic (exact) mass is 358 g/mol. The summed E-state index contributed by atoms with van der Waals surface area (Å²) in [5, 5.41) is 5.08. The second-order valence-electron chi connectivity index (χ2n) is 6.51. The maximum atomic E-state index is 12.4. The number of amides is 2. The summed E-state index contributed by atoms with van der Waals surface area (Å²) in [6.07, 6.45) is 3.34. The lowest BCUT2D eigenvalue weighted by molar-refractivity contribution is -0.125. The highest BCUT2D eigenvalue weighted by Gasteiger charge is 2.06. The number of hydrogen-bond acceptors (Lipinski definition) is 2. The molecule has 27 heavy (non-hydrogen) atoms. The van der Waals surface area contributed by atoms with Gasteiger partial charge in [-0.15, -0.1) is 0 Å². The highest BCUT2D eigenvalue weighted by Crippen LogP contribution is 2.17. The van der Waals surface area contributed by atoms with Gasteiger partial charge in [-0.25, -0.2) is 0 Å². The normalized spacial score (nSPS) is 10.9. The number of benzene rings is 3. The molecule has 0 spiro atoms. The molecule has 3 aromatic rings. The number of fused-ring (bicyclic) bond motifs is 1. The topological polar surface area (TPSA) is 49.4 Å². The minimum Gasteiger partial charge on any atom is -0.338 e. The Morgan fingerprint density at radius 3 is 2.37 bits per heavy atom. The van der Waals surface area contributed by atoms with Crippen LogP contribution in [0.3, 0.4) is 0 Å². The first kappa shape index (κ1) is 18.4. The van der Waals surface area contributed by atoms with Crippen molar-refractivity contribution < 1.29 is 9.59 Å². The van der Waals surface area contributed by atoms with E-state index in [1.54, 1.807) is 24.1 Å². The number of carbonyl (C=O) groups excluding carboxylic acids is 2. The summed E-state index contributed by atoms with van der Waals surface area (Å²) in [5.74, 6) is -0.169. The van der Waals surface area contributed by atoms with Gasteiger partial charge in [0, 0.05) is 32.3 Å². The Hall–Kier alpha value is -3.40. The third-order valence-corrected chi connectivity index (χ3v) is 4.26. The van der Waals surface area contributed by atoms with Gasteiger partial charge >= 0.3 is 0 Å². The minimum atomic E-state index is -0.108. The van der Waals surface area contributed by atoms with Crippen molar-refractivity contribution in [1.29, 1.82) is 0 Å². The molecule has 0 saturated heterocycles. The van der Waals surface area contributed by atoms with Gasteiger partial charge in [0.15, 0.2) is 0 Å². The molecule has 2 amide bonds. The van der Waals surface area contributed by atoms with Gasteiger partial charge in [-0.1, -0.05) is 48.5 Å². The van der Waals surface area contributed by atoms with Gasteiger partial charge in [0.05, 0.1) is 0 Å². The van der Waals surface area contributed by atoms with Gasteiger partial charge < -0.3 is 10.2 Å². The number of anilines is 1. The van der Waals surface area contributed by atoms with Crippen molar-refractivity contribution in [2.75, 3.05) is 12.4 Å². The number of rotatable bonds is 5. The Morgan fingerprint density at radius 1 is 0.963 bits per heavy atom. The van der Waals surface area contributed by atoms with Crippen LogP contribution in [0, 0.1) is 0 Å². The lowest BCUT2D eigenvalue weighted by Gasteiger charge is -2.15. The molecule has 0 heterocycles. The summed E-state index contributed by atoms with van der Waals surface area (Å²) in [5.41, 5.74) is 2.73. The Balaban J connectivity index is 1.62. The maximum Gasteiger partial charge on any atom is 0.246 e. The number of nitrogens with one attached hydrogen (secondary N) is 1. The lowest BCUT2D eigenvalue weighted by Crippen LogP contribution is -2.24. The van der Waals surface area contributed by atoms with Crippen LogP contribution in [0.5, 0.6) is 0 Å². The van der Waals surface area contributed by atoms with E-state index in [-0.39, 0.29) is 11.8 Å². The molecule has 3 rings (SSSR count). The molecule has 3 aromatic carbocycles. The van der Waals surface area contributed by atoms with E-state index >= 15 is 0 Å². The first-order valence-electron chi connectivity index (χ1n) is 8.80. The van der Waals surface area contributed by atoms with Crippen molar-refractivity contribution in [1.82, 2.24) is 4.90 Å². The van der Waals surface area contributed by atoms with E-state index in [0.717, 1.165) is 16.8 Å². The van der Waals surface area contributed by atoms with Gasteiger partial charge in [0.25, 0.3) is 0 Å². The molecule has 1 N–H and O–H groups in total. The van der Waals surface area contributed by atoms with E-state index < -0.39 is 0 Å². The molecule has 0 aliphatic rings. The highest BCUT2D eigenvalue weighted by molar-refractivity contribution is 5.92. The Kier molecular flexibility index (Phi) is 5.67. The van der Waals surface area contributed by atoms with E-state index in [1.807, 2.05) is 36.4 Å². The zero-order valence-electron chi connectivity index (χ0n) is 15.5. The molecule has 0 aliphatic heterocycles. The molecule has 0 saturated carbocycles. The van der Waals surface area contributed by atoms with E-state index in [0.29, 0.717) is 6.54 Å². The molecule has 4 nitrogen and oxygen atoms in total. The number of nitrogens with zero attached hydrogens (tertiary/aromatic N) is 1. The van der Waals surface area contributed by atoms with E-state index in [9.17, 15) is 9.59 Å². The quantitative estimate of drug-likeness (QED) is 0.684. The molecular formula is C23H22N2O2. The summed E-state index contributed by atoms with van der Waals surface area (Å²) in [6.45, 7) is 2.02. The number of hydrogen-bond donors (Lipinski definition) is 1. The first-order chi connectivity index (χ1) is 13.0. The summed E-state index contributed by atoms with van der Waals surface area (Å²) >= 11 is 0. The van der Waals surface area contributed by atoms with E-state index in [2.05, 4.69) is 35.6 Å². The van der Waals surface area contributed by atoms with Crippen LogP contribution >= 0.6 is 0 Å². The van der Waals surface area contributed by atoms with Crippen molar-refractivity contribution in [3.63, 3.8) is 0 Å². The average Bonchev–Trinajstić information content (AvgIpc) is 2.66. The van der Waals surface area contributed by atoms with Gasteiger partial charge in [-0.2, -0.15) is 0 Å². The van der Waals surface area contributed by atoms with Crippen molar-refractivity contribution in [2.45, 2.75) is 13.5 Å². The van der Waals surface area contributed by atoms with Crippen LogP contribution in [0.4, 0.5) is 5.69 Å². The van der Waals surface area contributed by atoms with Crippen LogP contribution in [-0.4, -0.2) is 23.8 Å². The highest BCUT2D eigenvalue weighted by atomic mass is 16.2. The van der Waals surface area contributed by atoms with Crippen molar-refractivity contribution in [2.24, 2.45) is 0 Å². The Bertz CT molecular complexity index is 991. The zero-order valence-corrected chi connectivity index (χ0v) is 15.5. The fourth-order valence-corrected chi connectivity index (χ4v) is 2.86. The maximum absolute atomic E-state index is 12.4. The summed E-state index contributed by atoms with van der Waals surface area (Å²) < 4.78 is 0. The predicted molar refractivity (Wildman–Crippen MR) is 110 cm³/mol. The third kappa shape index (κ3) is 5.05. The fourth-order valence-electron chi connectivity index (χ4n) is 2.86. The Morgan fingerprint density at radius 2 is 1.67 bits per heavy atom. The molecule has 0 aromatic heterocycles. The standard InChI is InChI=1S/C23H22N2O2/c1-17(26)24-22-12-8-18(9-13-22)10-14-23(27)25(2)16-19-7-11-20-5-3-4-6-21(20)15-19/h3-15H,16H2,1-2H3,(H,24,26)/b14-10+. The summed E-state index contributed by atoms with van der Waals surface area (Å²) in [7, 11) is 1.79. The molecule has 0 unspecified atom stereocenters. The second kappa shape index (κ2) is 8.32. The SMILES string of the molecule is CC(=O)Nc1ccc(/C=C/C(=O)N(C)Cc2ccc3ccccc3c2)cc1. The van der Waals surface area contributed by atoms with Crippen molar-refractivity contribution in [3.05, 3.63) is 83.9 Å². The van der Waals surface area contributed by atoms with Crippen molar-refractivity contribution >= 4 is 34.4 Å². The largest absolute Gasteiger partial charge is 0.338 e. The average molecular weight is 358 g/mol. The summed E-state index contributed by atoms with van der Waals surface area (Å²) in [6, 6.07) is 21.8. The molecule has 4 heteroatoms. The molecular weight excluding hydrogens is 336 g/mol. The van der Waals surface area contributed by atoms with Gasteiger partial charge in [0.1, 0.15) is 0 Å². The van der Waals surface area contributed by atoms with E-state index in [1.165, 1.54) is 17.7 Å². The second-order valence-corrected chi connectivity index (χ2v) is 6.51. The fraction of sp³-hybridized carbons (Fsp3) is 0.130. The van der Waals surface area contributed by atoms with E-state index in [4.69, 9.17) is 0 Å². The predicted octanol–water partition coefficient (Wildman–Crippen LogP) is 4.47. The number of carbonyl (C=O) groups is 2. The molecule has 136 valence electrons. The molecule has 0 fully saturated rings. The third-order valence-electron chi connectivity index (χ3n) is 4.26. The summed E-state index contributed by atoms with van der Waals surface area (Å²) in [4.78, 5) is 25.1. The molecule has 0 radical (unpaired) electrons. The smallest absolute Gasteiger partial charge is 0.246 e. The molecule has 0 atom stereocenters. The van der Waals surface area contributed by atoms with Crippen LogP contribution in [0.25, 0.3) is 16.8 Å². The minimum absolute atomic E-state index is 0.0610. The van der Waals surface area contributed by atoms with Crippen LogP contribution in [0.1, 0.15) is 18.1 Å². The lowest BCUT2D eigenvalue weighted by atomic mass is 10.1. The van der Waals surface area contributed by atoms with Crippen LogP contribution < -0.4 is 5.32 Å². The Labute approximate surface area is 159 Å².